The summed E-state index contributed by atoms with van der Waals surface area (Å²) in [5.41, 5.74) is -0.124. The van der Waals surface area contributed by atoms with Crippen LogP contribution in [0, 0.1) is 5.92 Å². The van der Waals surface area contributed by atoms with Gasteiger partial charge in [-0.1, -0.05) is 5.21 Å². The van der Waals surface area contributed by atoms with Gasteiger partial charge in [0.05, 0.1) is 18.8 Å². The van der Waals surface area contributed by atoms with Gasteiger partial charge in [-0.15, -0.1) is 5.10 Å². The molecule has 0 spiro atoms. The number of aromatic nitrogens is 3. The monoisotopic (exact) mass is 297 g/mol. The van der Waals surface area contributed by atoms with E-state index in [2.05, 4.69) is 15.6 Å². The number of rotatable bonds is 5. The van der Waals surface area contributed by atoms with Crippen molar-refractivity contribution in [2.45, 2.75) is 26.0 Å². The maximum atomic E-state index is 11.9. The average Bonchev–Trinajstić information content (AvgIpc) is 3.07. The number of hydrogen-bond acceptors (Lipinski definition) is 5. The maximum absolute atomic E-state index is 11.9. The molecule has 2 heterocycles. The molecule has 1 aromatic rings. The lowest BCUT2D eigenvalue weighted by Crippen LogP contribution is -2.40. The highest BCUT2D eigenvalue weighted by Gasteiger charge is 2.28. The third-order valence-corrected chi connectivity index (χ3v) is 3.57. The number of urea groups is 1. The van der Waals surface area contributed by atoms with Crippen molar-refractivity contribution in [3.63, 3.8) is 0 Å². The Bertz CT molecular complexity index is 516. The number of carboxylic acid groups (broad SMARTS) is 1. The molecule has 21 heavy (non-hydrogen) atoms. The van der Waals surface area contributed by atoms with Crippen molar-refractivity contribution in [3.05, 3.63) is 11.9 Å². The molecule has 116 valence electrons. The molecule has 2 unspecified atom stereocenters. The molecular formula is C12H19N5O4. The molecule has 1 aliphatic rings. The van der Waals surface area contributed by atoms with Gasteiger partial charge in [-0.2, -0.15) is 0 Å². The van der Waals surface area contributed by atoms with E-state index in [1.54, 1.807) is 11.8 Å². The molecule has 1 aliphatic heterocycles. The molecule has 1 fully saturated rings. The van der Waals surface area contributed by atoms with Crippen molar-refractivity contribution < 1.29 is 19.8 Å². The minimum Gasteiger partial charge on any atom is -0.476 e. The van der Waals surface area contributed by atoms with Crippen LogP contribution in [0.15, 0.2) is 6.20 Å². The number of aliphatic hydroxyl groups excluding tert-OH is 1. The standard InChI is InChI=1S/C12H19N5O4/c1-8(18)9-2-4-16(6-9)12(21)13-3-5-17-7-10(11(19)20)14-15-17/h7-9,18H,2-6H2,1H3,(H,13,21)(H,19,20). The van der Waals surface area contributed by atoms with Crippen LogP contribution in [-0.2, 0) is 6.54 Å². The van der Waals surface area contributed by atoms with Gasteiger partial charge in [0, 0.05) is 25.6 Å². The van der Waals surface area contributed by atoms with Gasteiger partial charge < -0.3 is 20.4 Å². The normalized spacial score (nSPS) is 19.5. The zero-order chi connectivity index (χ0) is 15.4. The summed E-state index contributed by atoms with van der Waals surface area (Å²) >= 11 is 0. The minimum atomic E-state index is -1.13. The molecule has 0 aromatic carbocycles. The Kier molecular flexibility index (Phi) is 4.73. The first-order chi connectivity index (χ1) is 9.97. The second-order valence-electron chi connectivity index (χ2n) is 5.14. The van der Waals surface area contributed by atoms with Gasteiger partial charge in [0.1, 0.15) is 0 Å². The van der Waals surface area contributed by atoms with E-state index < -0.39 is 12.1 Å². The number of hydrogen-bond donors (Lipinski definition) is 3. The molecule has 2 rings (SSSR count). The molecule has 0 saturated carbocycles. The highest BCUT2D eigenvalue weighted by molar-refractivity contribution is 5.84. The second-order valence-corrected chi connectivity index (χ2v) is 5.14. The third kappa shape index (κ3) is 3.91. The van der Waals surface area contributed by atoms with Gasteiger partial charge in [-0.3, -0.25) is 0 Å². The first-order valence-corrected chi connectivity index (χ1v) is 6.81. The molecular weight excluding hydrogens is 278 g/mol. The second kappa shape index (κ2) is 6.53. The fraction of sp³-hybridized carbons (Fsp3) is 0.667. The largest absolute Gasteiger partial charge is 0.476 e. The van der Waals surface area contributed by atoms with Crippen molar-refractivity contribution in [2.75, 3.05) is 19.6 Å². The average molecular weight is 297 g/mol. The molecule has 0 aliphatic carbocycles. The number of carbonyl (C=O) groups is 2. The molecule has 1 aromatic heterocycles. The predicted molar refractivity (Wildman–Crippen MR) is 71.7 cm³/mol. The van der Waals surface area contributed by atoms with Crippen molar-refractivity contribution in [3.8, 4) is 0 Å². The molecule has 0 bridgehead atoms. The smallest absolute Gasteiger partial charge is 0.358 e. The van der Waals surface area contributed by atoms with E-state index in [1.165, 1.54) is 10.9 Å². The van der Waals surface area contributed by atoms with E-state index in [-0.39, 0.29) is 17.6 Å². The Morgan fingerprint density at radius 3 is 2.90 bits per heavy atom. The molecule has 9 heteroatoms. The van der Waals surface area contributed by atoms with E-state index in [4.69, 9.17) is 5.11 Å². The summed E-state index contributed by atoms with van der Waals surface area (Å²) in [5.74, 6) is -1.00. The summed E-state index contributed by atoms with van der Waals surface area (Å²) in [5, 5.41) is 28.1. The molecule has 1 saturated heterocycles. The lowest BCUT2D eigenvalue weighted by molar-refractivity contribution is 0.0690. The number of aromatic carboxylic acids is 1. The van der Waals surface area contributed by atoms with Crippen LogP contribution in [0.4, 0.5) is 4.79 Å². The van der Waals surface area contributed by atoms with E-state index in [1.807, 2.05) is 0 Å². The number of nitrogens with zero attached hydrogens (tertiary/aromatic N) is 4. The Morgan fingerprint density at radius 2 is 2.33 bits per heavy atom. The van der Waals surface area contributed by atoms with Crippen LogP contribution in [-0.4, -0.2) is 67.8 Å². The number of nitrogens with one attached hydrogen (secondary N) is 1. The number of amides is 2. The summed E-state index contributed by atoms with van der Waals surface area (Å²) in [6.07, 6.45) is 1.71. The quantitative estimate of drug-likeness (QED) is 0.666. The van der Waals surface area contributed by atoms with Crippen LogP contribution in [0.2, 0.25) is 0 Å². The Labute approximate surface area is 121 Å². The van der Waals surface area contributed by atoms with E-state index >= 15 is 0 Å². The van der Waals surface area contributed by atoms with Gasteiger partial charge in [0.15, 0.2) is 5.69 Å². The van der Waals surface area contributed by atoms with Crippen LogP contribution in [0.1, 0.15) is 23.8 Å². The molecule has 2 amide bonds. The van der Waals surface area contributed by atoms with Gasteiger partial charge in [-0.25, -0.2) is 14.3 Å². The molecule has 0 radical (unpaired) electrons. The molecule has 9 nitrogen and oxygen atoms in total. The summed E-state index contributed by atoms with van der Waals surface area (Å²) in [6.45, 7) is 3.59. The summed E-state index contributed by atoms with van der Waals surface area (Å²) in [6, 6.07) is -0.184. The van der Waals surface area contributed by atoms with Crippen molar-refractivity contribution in [1.29, 1.82) is 0 Å². The zero-order valence-electron chi connectivity index (χ0n) is 11.8. The van der Waals surface area contributed by atoms with Crippen LogP contribution in [0.5, 0.6) is 0 Å². The lowest BCUT2D eigenvalue weighted by Gasteiger charge is -2.18. The van der Waals surface area contributed by atoms with E-state index in [0.717, 1.165) is 6.42 Å². The minimum absolute atomic E-state index is 0.124. The number of aliphatic hydroxyl groups is 1. The highest BCUT2D eigenvalue weighted by atomic mass is 16.4. The summed E-state index contributed by atoms with van der Waals surface area (Å²) < 4.78 is 1.37. The predicted octanol–water partition coefficient (Wildman–Crippen LogP) is -0.611. The van der Waals surface area contributed by atoms with Crippen LogP contribution < -0.4 is 5.32 Å². The van der Waals surface area contributed by atoms with Crippen molar-refractivity contribution >= 4 is 12.0 Å². The van der Waals surface area contributed by atoms with E-state index in [9.17, 15) is 14.7 Å². The van der Waals surface area contributed by atoms with Crippen LogP contribution >= 0.6 is 0 Å². The van der Waals surface area contributed by atoms with E-state index in [0.29, 0.717) is 26.2 Å². The zero-order valence-corrected chi connectivity index (χ0v) is 11.8. The first-order valence-electron chi connectivity index (χ1n) is 6.81. The fourth-order valence-electron chi connectivity index (χ4n) is 2.26. The summed E-state index contributed by atoms with van der Waals surface area (Å²) in [7, 11) is 0. The number of carboxylic acids is 1. The van der Waals surface area contributed by atoms with Crippen molar-refractivity contribution in [2.24, 2.45) is 5.92 Å². The first kappa shape index (κ1) is 15.2. The Morgan fingerprint density at radius 1 is 1.57 bits per heavy atom. The Hall–Kier alpha value is -2.16. The van der Waals surface area contributed by atoms with Crippen LogP contribution in [0.3, 0.4) is 0 Å². The molecule has 2 atom stereocenters. The molecule has 3 N–H and O–H groups in total. The van der Waals surface area contributed by atoms with Gasteiger partial charge >= 0.3 is 12.0 Å². The van der Waals surface area contributed by atoms with Crippen LogP contribution in [0.25, 0.3) is 0 Å². The van der Waals surface area contributed by atoms with Crippen molar-refractivity contribution in [1.82, 2.24) is 25.2 Å². The fourth-order valence-corrected chi connectivity index (χ4v) is 2.26. The SMILES string of the molecule is CC(O)C1CCN(C(=O)NCCn2cc(C(=O)O)nn2)C1. The highest BCUT2D eigenvalue weighted by Crippen LogP contribution is 2.19. The lowest BCUT2D eigenvalue weighted by atomic mass is 10.0. The number of carbonyl (C=O) groups excluding carboxylic acids is 1. The maximum Gasteiger partial charge on any atom is 0.358 e. The third-order valence-electron chi connectivity index (χ3n) is 3.57. The topological polar surface area (TPSA) is 121 Å². The summed E-state index contributed by atoms with van der Waals surface area (Å²) in [4.78, 5) is 24.2. The van der Waals surface area contributed by atoms with Gasteiger partial charge in [0.2, 0.25) is 0 Å². The van der Waals surface area contributed by atoms with Gasteiger partial charge in [0.25, 0.3) is 0 Å². The Balaban J connectivity index is 1.73. The number of likely N-dealkylation sites (tertiary alicyclic amines) is 1. The van der Waals surface area contributed by atoms with Gasteiger partial charge in [-0.05, 0) is 13.3 Å².